The van der Waals surface area contributed by atoms with Gasteiger partial charge in [0, 0.05) is 33.1 Å². The van der Waals surface area contributed by atoms with Gasteiger partial charge in [-0.3, -0.25) is 9.59 Å². The smallest absolute Gasteiger partial charge is 0.317 e. The summed E-state index contributed by atoms with van der Waals surface area (Å²) in [6.45, 7) is 0. The lowest BCUT2D eigenvalue weighted by Crippen LogP contribution is -2.59. The standard InChI is InChI=1S/C33H37NO3S/c35-31(34-33-22-25-19-26(23-33)21-27(20-25)24-33)17-10-18-32(36)37-38(28-11-4-1-5-12-28,29-13-6-2-7-14-29)30-15-8-3-9-16-30/h1-9,11-16,25-27H,10,17-24H2,(H,34,35). The van der Waals surface area contributed by atoms with Crippen molar-refractivity contribution in [3.05, 3.63) is 91.0 Å². The van der Waals surface area contributed by atoms with Crippen molar-refractivity contribution in [1.82, 2.24) is 5.32 Å². The van der Waals surface area contributed by atoms with E-state index in [1.54, 1.807) is 0 Å². The van der Waals surface area contributed by atoms with E-state index in [1.165, 1.54) is 19.3 Å². The van der Waals surface area contributed by atoms with Crippen LogP contribution in [-0.4, -0.2) is 17.4 Å². The number of hydrogen-bond donors (Lipinski definition) is 1. The molecule has 0 spiro atoms. The number of benzene rings is 3. The first-order valence-electron chi connectivity index (χ1n) is 14.1. The summed E-state index contributed by atoms with van der Waals surface area (Å²) >= 11 is 0. The van der Waals surface area contributed by atoms with E-state index in [2.05, 4.69) is 5.32 Å². The Labute approximate surface area is 227 Å². The molecule has 38 heavy (non-hydrogen) atoms. The van der Waals surface area contributed by atoms with Gasteiger partial charge in [0.25, 0.3) is 0 Å². The molecular weight excluding hydrogens is 490 g/mol. The summed E-state index contributed by atoms with van der Waals surface area (Å²) in [4.78, 5) is 29.4. The highest BCUT2D eigenvalue weighted by Crippen LogP contribution is 2.69. The van der Waals surface area contributed by atoms with Crippen LogP contribution in [-0.2, 0) is 13.8 Å². The molecule has 4 saturated carbocycles. The Morgan fingerprint density at radius 3 is 1.53 bits per heavy atom. The zero-order valence-corrected chi connectivity index (χ0v) is 22.7. The molecule has 0 atom stereocenters. The monoisotopic (exact) mass is 527 g/mol. The van der Waals surface area contributed by atoms with Crippen LogP contribution in [0.3, 0.4) is 0 Å². The molecule has 0 unspecified atom stereocenters. The number of carbonyl (C=O) groups is 2. The highest BCUT2D eigenvalue weighted by Gasteiger charge is 2.51. The Bertz CT molecular complexity index is 1130. The average molecular weight is 528 g/mol. The second kappa shape index (κ2) is 10.6. The highest BCUT2D eigenvalue weighted by atomic mass is 32.3. The molecule has 198 valence electrons. The summed E-state index contributed by atoms with van der Waals surface area (Å²) < 4.78 is 6.52. The number of carbonyl (C=O) groups excluding carboxylic acids is 2. The fourth-order valence-corrected chi connectivity index (χ4v) is 10.7. The minimum absolute atomic E-state index is 0.0135. The Balaban J connectivity index is 1.16. The van der Waals surface area contributed by atoms with Crippen LogP contribution in [0.1, 0.15) is 57.8 Å². The van der Waals surface area contributed by atoms with Crippen LogP contribution in [0.15, 0.2) is 106 Å². The van der Waals surface area contributed by atoms with E-state index in [1.807, 2.05) is 91.0 Å². The van der Waals surface area contributed by atoms with Crippen molar-refractivity contribution in [2.75, 3.05) is 0 Å². The van der Waals surface area contributed by atoms with Gasteiger partial charge in [0.15, 0.2) is 0 Å². The largest absolute Gasteiger partial charge is 0.402 e. The van der Waals surface area contributed by atoms with Gasteiger partial charge in [-0.25, -0.2) is 0 Å². The topological polar surface area (TPSA) is 55.4 Å². The van der Waals surface area contributed by atoms with Gasteiger partial charge in [-0.1, -0.05) is 54.6 Å². The number of rotatable bonds is 9. The SMILES string of the molecule is O=C(CCCC(=O)OS(c1ccccc1)(c1ccccc1)c1ccccc1)NC12CC3CC(CC(C3)C1)C2. The van der Waals surface area contributed by atoms with Gasteiger partial charge in [0.2, 0.25) is 5.91 Å². The van der Waals surface area contributed by atoms with E-state index in [4.69, 9.17) is 4.18 Å². The van der Waals surface area contributed by atoms with Gasteiger partial charge >= 0.3 is 5.97 Å². The zero-order valence-electron chi connectivity index (χ0n) is 21.9. The van der Waals surface area contributed by atoms with Crippen molar-refractivity contribution >= 4 is 22.2 Å². The Kier molecular flexibility index (Phi) is 7.05. The third-order valence-electron chi connectivity index (χ3n) is 8.67. The molecule has 0 radical (unpaired) electrons. The molecule has 4 nitrogen and oxygen atoms in total. The predicted molar refractivity (Wildman–Crippen MR) is 151 cm³/mol. The normalized spacial score (nSPS) is 26.1. The molecule has 0 aromatic heterocycles. The average Bonchev–Trinajstić information content (AvgIpc) is 2.92. The first-order valence-corrected chi connectivity index (χ1v) is 15.6. The molecule has 3 aromatic carbocycles. The van der Waals surface area contributed by atoms with Gasteiger partial charge in [-0.05, 0) is 109 Å². The van der Waals surface area contributed by atoms with Crippen molar-refractivity contribution in [1.29, 1.82) is 0 Å². The molecule has 4 bridgehead atoms. The number of nitrogens with one attached hydrogen (secondary N) is 1. The van der Waals surface area contributed by atoms with Crippen molar-refractivity contribution in [2.45, 2.75) is 78.0 Å². The molecule has 4 aliphatic carbocycles. The van der Waals surface area contributed by atoms with Crippen LogP contribution in [0.25, 0.3) is 0 Å². The summed E-state index contributed by atoms with van der Waals surface area (Å²) in [7, 11) is -2.27. The summed E-state index contributed by atoms with van der Waals surface area (Å²) in [6.07, 6.45) is 8.57. The second-order valence-electron chi connectivity index (χ2n) is 11.6. The molecule has 0 aliphatic heterocycles. The summed E-state index contributed by atoms with van der Waals surface area (Å²) in [6, 6.07) is 30.1. The molecule has 5 heteroatoms. The minimum atomic E-state index is -2.27. The quantitative estimate of drug-likeness (QED) is 0.310. The fraction of sp³-hybridized carbons (Fsp3) is 0.394. The van der Waals surface area contributed by atoms with Crippen molar-refractivity contribution in [2.24, 2.45) is 17.8 Å². The molecule has 1 N–H and O–H groups in total. The third-order valence-corrected chi connectivity index (χ3v) is 11.9. The molecule has 0 saturated heterocycles. The lowest BCUT2D eigenvalue weighted by molar-refractivity contribution is -0.133. The van der Waals surface area contributed by atoms with Crippen molar-refractivity contribution < 1.29 is 13.8 Å². The molecule has 4 aliphatic rings. The van der Waals surface area contributed by atoms with Crippen molar-refractivity contribution in [3.8, 4) is 0 Å². The predicted octanol–water partition coefficient (Wildman–Crippen LogP) is 7.68. The summed E-state index contributed by atoms with van der Waals surface area (Å²) in [5.41, 5.74) is 0.0135. The van der Waals surface area contributed by atoms with Crippen LogP contribution < -0.4 is 5.32 Å². The van der Waals surface area contributed by atoms with Crippen molar-refractivity contribution in [3.63, 3.8) is 0 Å². The number of hydrogen-bond acceptors (Lipinski definition) is 3. The maximum Gasteiger partial charge on any atom is 0.317 e. The Morgan fingerprint density at radius 1 is 0.684 bits per heavy atom. The maximum atomic E-state index is 13.4. The highest BCUT2D eigenvalue weighted by molar-refractivity contribution is 8.30. The van der Waals surface area contributed by atoms with Crippen LogP contribution in [0.2, 0.25) is 0 Å². The second-order valence-corrected chi connectivity index (χ2v) is 14.2. The molecule has 7 rings (SSSR count). The van der Waals surface area contributed by atoms with E-state index < -0.39 is 10.3 Å². The molecule has 3 aromatic rings. The van der Waals surface area contributed by atoms with Crippen LogP contribution in [0.4, 0.5) is 0 Å². The lowest BCUT2D eigenvalue weighted by Gasteiger charge is -2.56. The maximum absolute atomic E-state index is 13.4. The van der Waals surface area contributed by atoms with Gasteiger partial charge in [-0.15, -0.1) is 0 Å². The molecule has 4 fully saturated rings. The van der Waals surface area contributed by atoms with Gasteiger partial charge < -0.3 is 9.50 Å². The lowest BCUT2D eigenvalue weighted by atomic mass is 9.53. The van der Waals surface area contributed by atoms with Gasteiger partial charge in [0.1, 0.15) is 0 Å². The Hall–Kier alpha value is -3.05. The van der Waals surface area contributed by atoms with E-state index in [0.29, 0.717) is 12.8 Å². The number of amides is 1. The minimum Gasteiger partial charge on any atom is -0.402 e. The first-order chi connectivity index (χ1) is 18.5. The van der Waals surface area contributed by atoms with Gasteiger partial charge in [-0.2, -0.15) is 0 Å². The first kappa shape index (κ1) is 25.2. The third kappa shape index (κ3) is 5.01. The van der Waals surface area contributed by atoms with Crippen LogP contribution in [0.5, 0.6) is 0 Å². The zero-order chi connectivity index (χ0) is 26.0. The van der Waals surface area contributed by atoms with E-state index in [0.717, 1.165) is 51.7 Å². The van der Waals surface area contributed by atoms with E-state index in [-0.39, 0.29) is 23.8 Å². The van der Waals surface area contributed by atoms with Crippen LogP contribution >= 0.6 is 10.3 Å². The summed E-state index contributed by atoms with van der Waals surface area (Å²) in [5.74, 6) is 2.21. The summed E-state index contributed by atoms with van der Waals surface area (Å²) in [5, 5.41) is 3.44. The molecule has 1 amide bonds. The van der Waals surface area contributed by atoms with Gasteiger partial charge in [0.05, 0.1) is 0 Å². The Morgan fingerprint density at radius 2 is 1.11 bits per heavy atom. The molecular formula is C33H37NO3S. The molecule has 0 heterocycles. The van der Waals surface area contributed by atoms with Crippen LogP contribution in [0, 0.1) is 17.8 Å². The van der Waals surface area contributed by atoms with E-state index >= 15 is 0 Å². The van der Waals surface area contributed by atoms with E-state index in [9.17, 15) is 9.59 Å². The fourth-order valence-electron chi connectivity index (χ4n) is 7.59.